The first-order chi connectivity index (χ1) is 7.68. The van der Waals surface area contributed by atoms with Gasteiger partial charge in [-0.2, -0.15) is 0 Å². The monoisotopic (exact) mass is 278 g/mol. The van der Waals surface area contributed by atoms with Crippen LogP contribution in [0.4, 0.5) is 5.69 Å². The first kappa shape index (κ1) is 10.8. The number of pyridine rings is 1. The number of aromatic nitrogens is 1. The maximum Gasteiger partial charge on any atom is 0.283 e. The van der Waals surface area contributed by atoms with Crippen molar-refractivity contribution in [2.45, 2.75) is 0 Å². The molecule has 0 bridgehead atoms. The van der Waals surface area contributed by atoms with Crippen LogP contribution in [0.15, 0.2) is 47.1 Å². The Labute approximate surface area is 100 Å². The lowest BCUT2D eigenvalue weighted by atomic mass is 10.1. The Balaban J connectivity index is 2.46. The van der Waals surface area contributed by atoms with E-state index in [-0.39, 0.29) is 5.69 Å². The lowest BCUT2D eigenvalue weighted by molar-refractivity contribution is -0.385. The van der Waals surface area contributed by atoms with Crippen molar-refractivity contribution in [3.05, 3.63) is 57.2 Å². The van der Waals surface area contributed by atoms with Crippen molar-refractivity contribution < 1.29 is 4.92 Å². The normalized spacial score (nSPS) is 10.1. The zero-order valence-electron chi connectivity index (χ0n) is 8.13. The highest BCUT2D eigenvalue weighted by Gasteiger charge is 2.12. The van der Waals surface area contributed by atoms with Gasteiger partial charge in [0, 0.05) is 17.8 Å². The van der Waals surface area contributed by atoms with Crippen LogP contribution in [0.3, 0.4) is 0 Å². The first-order valence-electron chi connectivity index (χ1n) is 4.54. The van der Waals surface area contributed by atoms with Gasteiger partial charge in [0.2, 0.25) is 0 Å². The smallest absolute Gasteiger partial charge is 0.258 e. The number of hydrogen-bond acceptors (Lipinski definition) is 3. The molecule has 1 heterocycles. The van der Waals surface area contributed by atoms with Crippen LogP contribution in [0.1, 0.15) is 0 Å². The van der Waals surface area contributed by atoms with Crippen LogP contribution in [0, 0.1) is 10.1 Å². The van der Waals surface area contributed by atoms with Crippen molar-refractivity contribution in [1.29, 1.82) is 0 Å². The highest BCUT2D eigenvalue weighted by molar-refractivity contribution is 9.10. The molecule has 0 aliphatic rings. The van der Waals surface area contributed by atoms with Gasteiger partial charge in [0.25, 0.3) is 5.69 Å². The van der Waals surface area contributed by atoms with Crippen LogP contribution in [0.2, 0.25) is 0 Å². The summed E-state index contributed by atoms with van der Waals surface area (Å²) < 4.78 is 0.459. The second-order valence-electron chi connectivity index (χ2n) is 3.14. The molecule has 5 heteroatoms. The molecule has 0 N–H and O–H groups in total. The van der Waals surface area contributed by atoms with Gasteiger partial charge in [0.15, 0.2) is 0 Å². The minimum Gasteiger partial charge on any atom is -0.258 e. The van der Waals surface area contributed by atoms with Crippen molar-refractivity contribution in [3.63, 3.8) is 0 Å². The molecule has 0 radical (unpaired) electrons. The Kier molecular flexibility index (Phi) is 2.96. The van der Waals surface area contributed by atoms with Gasteiger partial charge in [-0.1, -0.05) is 6.07 Å². The van der Waals surface area contributed by atoms with E-state index in [0.717, 1.165) is 11.3 Å². The van der Waals surface area contributed by atoms with E-state index in [9.17, 15) is 10.1 Å². The Morgan fingerprint density at radius 2 is 2.06 bits per heavy atom. The second-order valence-corrected chi connectivity index (χ2v) is 3.99. The number of nitro benzene ring substituents is 1. The number of halogens is 1. The van der Waals surface area contributed by atoms with Gasteiger partial charge >= 0.3 is 0 Å². The fourth-order valence-corrected chi connectivity index (χ4v) is 1.87. The van der Waals surface area contributed by atoms with E-state index in [1.165, 1.54) is 6.07 Å². The molecule has 2 rings (SSSR count). The summed E-state index contributed by atoms with van der Waals surface area (Å²) in [5, 5.41) is 10.6. The highest BCUT2D eigenvalue weighted by atomic mass is 79.9. The summed E-state index contributed by atoms with van der Waals surface area (Å²) >= 11 is 3.18. The summed E-state index contributed by atoms with van der Waals surface area (Å²) in [5.41, 5.74) is 1.69. The summed E-state index contributed by atoms with van der Waals surface area (Å²) in [7, 11) is 0. The number of nitro groups is 1. The third-order valence-corrected chi connectivity index (χ3v) is 2.74. The van der Waals surface area contributed by atoms with E-state index in [1.54, 1.807) is 18.3 Å². The Morgan fingerprint density at radius 3 is 2.62 bits per heavy atom. The molecule has 1 aromatic heterocycles. The molecule has 0 saturated heterocycles. The molecular weight excluding hydrogens is 272 g/mol. The molecule has 0 aliphatic heterocycles. The topological polar surface area (TPSA) is 56.0 Å². The van der Waals surface area contributed by atoms with Gasteiger partial charge in [0.1, 0.15) is 0 Å². The quantitative estimate of drug-likeness (QED) is 0.625. The molecule has 4 nitrogen and oxygen atoms in total. The number of benzene rings is 1. The van der Waals surface area contributed by atoms with Crippen LogP contribution < -0.4 is 0 Å². The molecule has 0 atom stereocenters. The first-order valence-corrected chi connectivity index (χ1v) is 5.33. The molecule has 0 saturated carbocycles. The minimum absolute atomic E-state index is 0.0553. The van der Waals surface area contributed by atoms with Crippen LogP contribution in [0.5, 0.6) is 0 Å². The van der Waals surface area contributed by atoms with Gasteiger partial charge in [-0.05, 0) is 40.2 Å². The summed E-state index contributed by atoms with van der Waals surface area (Å²) in [6.45, 7) is 0. The third kappa shape index (κ3) is 2.09. The lowest BCUT2D eigenvalue weighted by Gasteiger charge is -2.01. The molecule has 2 aromatic rings. The van der Waals surface area contributed by atoms with Crippen LogP contribution in [0.25, 0.3) is 11.3 Å². The molecule has 0 fully saturated rings. The van der Waals surface area contributed by atoms with E-state index in [1.807, 2.05) is 18.2 Å². The summed E-state index contributed by atoms with van der Waals surface area (Å²) in [5.74, 6) is 0. The van der Waals surface area contributed by atoms with Crippen LogP contribution in [-0.4, -0.2) is 9.91 Å². The average Bonchev–Trinajstić information content (AvgIpc) is 2.29. The maximum absolute atomic E-state index is 10.6. The second kappa shape index (κ2) is 4.40. The largest absolute Gasteiger partial charge is 0.283 e. The molecule has 0 unspecified atom stereocenters. The lowest BCUT2D eigenvalue weighted by Crippen LogP contribution is -1.90. The Hall–Kier alpha value is -1.75. The number of nitrogens with zero attached hydrogens (tertiary/aromatic N) is 2. The Morgan fingerprint density at radius 1 is 1.25 bits per heavy atom. The molecule has 16 heavy (non-hydrogen) atoms. The fraction of sp³-hybridized carbons (Fsp3) is 0. The predicted octanol–water partition coefficient (Wildman–Crippen LogP) is 3.42. The van der Waals surface area contributed by atoms with Gasteiger partial charge in [-0.15, -0.1) is 0 Å². The van der Waals surface area contributed by atoms with Gasteiger partial charge < -0.3 is 0 Å². The Bertz CT molecular complexity index is 529. The van der Waals surface area contributed by atoms with Crippen molar-refractivity contribution in [2.24, 2.45) is 0 Å². The fourth-order valence-electron chi connectivity index (χ4n) is 1.35. The average molecular weight is 279 g/mol. The summed E-state index contributed by atoms with van der Waals surface area (Å²) in [4.78, 5) is 14.4. The molecule has 0 spiro atoms. The van der Waals surface area contributed by atoms with E-state index < -0.39 is 4.92 Å². The number of rotatable bonds is 2. The molecule has 0 aliphatic carbocycles. The molecule has 1 aromatic carbocycles. The predicted molar refractivity (Wildman–Crippen MR) is 64.0 cm³/mol. The summed E-state index contributed by atoms with van der Waals surface area (Å²) in [6.07, 6.45) is 1.69. The SMILES string of the molecule is O=[N+]([O-])c1ccc(-c2ccccn2)cc1Br. The number of hydrogen-bond donors (Lipinski definition) is 0. The van der Waals surface area contributed by atoms with Gasteiger partial charge in [-0.25, -0.2) is 0 Å². The molecular formula is C11H7BrN2O2. The van der Waals surface area contributed by atoms with Crippen molar-refractivity contribution >= 4 is 21.6 Å². The van der Waals surface area contributed by atoms with E-state index in [0.29, 0.717) is 4.47 Å². The highest BCUT2D eigenvalue weighted by Crippen LogP contribution is 2.29. The van der Waals surface area contributed by atoms with Gasteiger partial charge in [-0.3, -0.25) is 15.1 Å². The zero-order chi connectivity index (χ0) is 11.5. The summed E-state index contributed by atoms with van der Waals surface area (Å²) in [6, 6.07) is 10.4. The van der Waals surface area contributed by atoms with Crippen molar-refractivity contribution in [3.8, 4) is 11.3 Å². The van der Waals surface area contributed by atoms with E-state index in [4.69, 9.17) is 0 Å². The standard InChI is InChI=1S/C11H7BrN2O2/c12-9-7-8(4-5-11(9)14(15)16)10-3-1-2-6-13-10/h1-7H. The third-order valence-electron chi connectivity index (χ3n) is 2.11. The van der Waals surface area contributed by atoms with E-state index >= 15 is 0 Å². The van der Waals surface area contributed by atoms with E-state index in [2.05, 4.69) is 20.9 Å². The molecule has 0 amide bonds. The van der Waals surface area contributed by atoms with Crippen LogP contribution in [-0.2, 0) is 0 Å². The maximum atomic E-state index is 10.6. The van der Waals surface area contributed by atoms with Gasteiger partial charge in [0.05, 0.1) is 15.1 Å². The van der Waals surface area contributed by atoms with Crippen LogP contribution >= 0.6 is 15.9 Å². The van der Waals surface area contributed by atoms with Crippen molar-refractivity contribution in [2.75, 3.05) is 0 Å². The molecule has 80 valence electrons. The minimum atomic E-state index is -0.424. The zero-order valence-corrected chi connectivity index (χ0v) is 9.72. The van der Waals surface area contributed by atoms with Crippen molar-refractivity contribution in [1.82, 2.24) is 4.98 Å².